The van der Waals surface area contributed by atoms with E-state index in [9.17, 15) is 14.0 Å². The molecule has 0 radical (unpaired) electrons. The molecular formula is C21H19FINO4S. The Morgan fingerprint density at radius 3 is 2.55 bits per heavy atom. The van der Waals surface area contributed by atoms with Crippen LogP contribution in [0.1, 0.15) is 25.0 Å². The molecule has 2 aromatic rings. The highest BCUT2D eigenvalue weighted by Crippen LogP contribution is 2.38. The van der Waals surface area contributed by atoms with Crippen molar-refractivity contribution in [3.63, 3.8) is 0 Å². The number of imide groups is 1. The Hall–Kier alpha value is -2.07. The number of halogens is 2. The Balaban J connectivity index is 1.88. The maximum absolute atomic E-state index is 13.9. The lowest BCUT2D eigenvalue weighted by Gasteiger charge is -2.14. The number of hydrogen-bond acceptors (Lipinski definition) is 5. The summed E-state index contributed by atoms with van der Waals surface area (Å²) in [6.07, 6.45) is 1.65. The summed E-state index contributed by atoms with van der Waals surface area (Å²) in [5.74, 6) is 0.348. The normalized spacial score (nSPS) is 15.3. The van der Waals surface area contributed by atoms with Crippen LogP contribution < -0.4 is 9.47 Å². The van der Waals surface area contributed by atoms with Gasteiger partial charge >= 0.3 is 0 Å². The maximum Gasteiger partial charge on any atom is 0.293 e. The van der Waals surface area contributed by atoms with Crippen molar-refractivity contribution in [1.29, 1.82) is 0 Å². The molecule has 29 heavy (non-hydrogen) atoms. The summed E-state index contributed by atoms with van der Waals surface area (Å²) in [4.78, 5) is 26.4. The zero-order valence-electron chi connectivity index (χ0n) is 15.9. The number of thioether (sulfide) groups is 1. The van der Waals surface area contributed by atoms with Gasteiger partial charge in [-0.15, -0.1) is 0 Å². The molecule has 8 heteroatoms. The van der Waals surface area contributed by atoms with E-state index in [-0.39, 0.29) is 11.4 Å². The van der Waals surface area contributed by atoms with Gasteiger partial charge in [-0.2, -0.15) is 0 Å². The summed E-state index contributed by atoms with van der Waals surface area (Å²) in [5, 5.41) is -0.421. The van der Waals surface area contributed by atoms with Crippen molar-refractivity contribution in [3.8, 4) is 11.5 Å². The minimum atomic E-state index is -0.446. The molecule has 2 aromatic carbocycles. The van der Waals surface area contributed by atoms with Gasteiger partial charge in [0.1, 0.15) is 5.82 Å². The highest BCUT2D eigenvalue weighted by atomic mass is 127. The minimum Gasteiger partial charge on any atom is -0.490 e. The molecule has 2 amide bonds. The van der Waals surface area contributed by atoms with Gasteiger partial charge in [0.05, 0.1) is 28.2 Å². The molecule has 0 bridgehead atoms. The van der Waals surface area contributed by atoms with E-state index in [1.807, 2.05) is 19.9 Å². The van der Waals surface area contributed by atoms with E-state index >= 15 is 0 Å². The van der Waals surface area contributed by atoms with Crippen LogP contribution in [0.15, 0.2) is 41.3 Å². The SMILES string of the molecule is CCOc1cc(/C=C2/SC(=O)N(Cc3ccccc3F)C2=O)cc(I)c1OCC. The van der Waals surface area contributed by atoms with Crippen molar-refractivity contribution >= 4 is 51.6 Å². The van der Waals surface area contributed by atoms with E-state index in [0.717, 1.165) is 25.8 Å². The van der Waals surface area contributed by atoms with Gasteiger partial charge in [-0.3, -0.25) is 14.5 Å². The fourth-order valence-electron chi connectivity index (χ4n) is 2.80. The number of carbonyl (C=O) groups is 2. The molecule has 5 nitrogen and oxygen atoms in total. The van der Waals surface area contributed by atoms with E-state index < -0.39 is 17.0 Å². The Morgan fingerprint density at radius 1 is 1.14 bits per heavy atom. The minimum absolute atomic E-state index is 0.0975. The second-order valence-corrected chi connectivity index (χ2v) is 8.21. The van der Waals surface area contributed by atoms with Crippen molar-refractivity contribution in [2.24, 2.45) is 0 Å². The van der Waals surface area contributed by atoms with Crippen LogP contribution in [0.5, 0.6) is 11.5 Å². The highest BCUT2D eigenvalue weighted by Gasteiger charge is 2.35. The number of rotatable bonds is 7. The third-order valence-corrected chi connectivity index (χ3v) is 5.79. The molecule has 0 spiro atoms. The maximum atomic E-state index is 13.9. The summed E-state index contributed by atoms with van der Waals surface area (Å²) in [5.41, 5.74) is 1.02. The number of carbonyl (C=O) groups excluding carboxylic acids is 2. The van der Waals surface area contributed by atoms with Crippen molar-refractivity contribution in [1.82, 2.24) is 4.90 Å². The first kappa shape index (κ1) is 21.6. The van der Waals surface area contributed by atoms with Crippen LogP contribution in [0.4, 0.5) is 9.18 Å². The van der Waals surface area contributed by atoms with Gasteiger partial charge in [0.15, 0.2) is 11.5 Å². The molecular weight excluding hydrogens is 508 g/mol. The summed E-state index contributed by atoms with van der Waals surface area (Å²) >= 11 is 2.99. The molecule has 0 N–H and O–H groups in total. The monoisotopic (exact) mass is 527 g/mol. The lowest BCUT2D eigenvalue weighted by atomic mass is 10.1. The predicted molar refractivity (Wildman–Crippen MR) is 119 cm³/mol. The van der Waals surface area contributed by atoms with E-state index in [1.54, 1.807) is 30.3 Å². The van der Waals surface area contributed by atoms with Gasteiger partial charge in [-0.1, -0.05) is 18.2 Å². The highest BCUT2D eigenvalue weighted by molar-refractivity contribution is 14.1. The van der Waals surface area contributed by atoms with Gasteiger partial charge < -0.3 is 9.47 Å². The van der Waals surface area contributed by atoms with Crippen LogP contribution in [0.3, 0.4) is 0 Å². The molecule has 0 aromatic heterocycles. The Morgan fingerprint density at radius 2 is 1.86 bits per heavy atom. The number of amides is 2. The molecule has 0 aliphatic carbocycles. The number of ether oxygens (including phenoxy) is 2. The Kier molecular flexibility index (Phi) is 7.18. The summed E-state index contributed by atoms with van der Waals surface area (Å²) in [6, 6.07) is 9.74. The van der Waals surface area contributed by atoms with Crippen LogP contribution >= 0.6 is 34.4 Å². The predicted octanol–water partition coefficient (Wildman–Crippen LogP) is 5.46. The summed E-state index contributed by atoms with van der Waals surface area (Å²) in [6.45, 7) is 4.65. The van der Waals surface area contributed by atoms with Crippen molar-refractivity contribution in [2.75, 3.05) is 13.2 Å². The topological polar surface area (TPSA) is 55.8 Å². The molecule has 3 rings (SSSR count). The van der Waals surface area contributed by atoms with Gasteiger partial charge in [0.25, 0.3) is 11.1 Å². The fourth-order valence-corrected chi connectivity index (χ4v) is 4.42. The van der Waals surface area contributed by atoms with Crippen molar-refractivity contribution in [3.05, 3.63) is 61.8 Å². The second kappa shape index (κ2) is 9.62. The first-order chi connectivity index (χ1) is 13.9. The smallest absolute Gasteiger partial charge is 0.293 e. The standard InChI is InChI=1S/C21H19FINO4S/c1-3-27-17-10-13(9-16(23)19(17)28-4-2)11-18-20(25)24(21(26)29-18)12-14-7-5-6-8-15(14)22/h5-11H,3-4,12H2,1-2H3/b18-11+. The van der Waals surface area contributed by atoms with Gasteiger partial charge in [-0.25, -0.2) is 4.39 Å². The van der Waals surface area contributed by atoms with E-state index in [4.69, 9.17) is 9.47 Å². The molecule has 0 unspecified atom stereocenters. The largest absolute Gasteiger partial charge is 0.490 e. The summed E-state index contributed by atoms with van der Waals surface area (Å²) < 4.78 is 26.1. The number of hydrogen-bond donors (Lipinski definition) is 0. The quantitative estimate of drug-likeness (QED) is 0.354. The van der Waals surface area contributed by atoms with Gasteiger partial charge in [0, 0.05) is 5.56 Å². The van der Waals surface area contributed by atoms with Crippen LogP contribution in [0.2, 0.25) is 0 Å². The first-order valence-corrected chi connectivity index (χ1v) is 10.9. The number of benzene rings is 2. The van der Waals surface area contributed by atoms with E-state index in [2.05, 4.69) is 22.6 Å². The third kappa shape index (κ3) is 4.92. The van der Waals surface area contributed by atoms with Gasteiger partial charge in [0.2, 0.25) is 0 Å². The lowest BCUT2D eigenvalue weighted by Crippen LogP contribution is -2.27. The van der Waals surface area contributed by atoms with Crippen molar-refractivity contribution < 1.29 is 23.5 Å². The Labute approximate surface area is 186 Å². The fraction of sp³-hybridized carbons (Fsp3) is 0.238. The molecule has 0 atom stereocenters. The lowest BCUT2D eigenvalue weighted by molar-refractivity contribution is -0.123. The average Bonchev–Trinajstić information content (AvgIpc) is 2.94. The third-order valence-electron chi connectivity index (χ3n) is 4.08. The van der Waals surface area contributed by atoms with Crippen LogP contribution in [-0.2, 0) is 11.3 Å². The summed E-state index contributed by atoms with van der Waals surface area (Å²) in [7, 11) is 0. The Bertz CT molecular complexity index is 979. The molecule has 1 aliphatic rings. The van der Waals surface area contributed by atoms with Crippen LogP contribution in [-0.4, -0.2) is 29.3 Å². The molecule has 152 valence electrons. The molecule has 1 aliphatic heterocycles. The molecule has 1 heterocycles. The average molecular weight is 527 g/mol. The van der Waals surface area contributed by atoms with E-state index in [1.165, 1.54) is 6.07 Å². The zero-order valence-corrected chi connectivity index (χ0v) is 18.9. The van der Waals surface area contributed by atoms with Crippen molar-refractivity contribution in [2.45, 2.75) is 20.4 Å². The van der Waals surface area contributed by atoms with Gasteiger partial charge in [-0.05, 0) is 78.0 Å². The molecule has 1 saturated heterocycles. The molecule has 0 saturated carbocycles. The number of nitrogens with zero attached hydrogens (tertiary/aromatic N) is 1. The van der Waals surface area contributed by atoms with Crippen LogP contribution in [0.25, 0.3) is 6.08 Å². The molecule has 1 fully saturated rings. The first-order valence-electron chi connectivity index (χ1n) is 9.02. The zero-order chi connectivity index (χ0) is 21.0. The second-order valence-electron chi connectivity index (χ2n) is 6.06. The van der Waals surface area contributed by atoms with Crippen LogP contribution in [0, 0.1) is 9.39 Å². The van der Waals surface area contributed by atoms with E-state index in [0.29, 0.717) is 30.3 Å².